The van der Waals surface area contributed by atoms with E-state index in [4.69, 9.17) is 5.11 Å². The van der Waals surface area contributed by atoms with Crippen molar-refractivity contribution in [3.8, 4) is 0 Å². The molecule has 0 bridgehead atoms. The number of aryl methyl sites for hydroxylation is 2. The third kappa shape index (κ3) is 3.46. The number of rotatable bonds is 5. The Bertz CT molecular complexity index is 404. The third-order valence-corrected chi connectivity index (χ3v) is 2.87. The zero-order chi connectivity index (χ0) is 13.0. The predicted molar refractivity (Wildman–Crippen MR) is 69.7 cm³/mol. The minimum atomic E-state index is -0.830. The summed E-state index contributed by atoms with van der Waals surface area (Å²) < 4.78 is 0. The molecule has 0 fully saturated rings. The molecule has 1 atom stereocenters. The number of nitrogens with one attached hydrogen (secondary N) is 1. The van der Waals surface area contributed by atoms with Gasteiger partial charge in [-0.2, -0.15) is 0 Å². The van der Waals surface area contributed by atoms with Crippen LogP contribution >= 0.6 is 0 Å². The van der Waals surface area contributed by atoms with Gasteiger partial charge in [0.1, 0.15) is 6.04 Å². The Hall–Kier alpha value is -1.55. The molecule has 0 radical (unpaired) electrons. The number of likely N-dealkylation sites (N-methyl/N-ethyl adjacent to an activating group) is 2. The van der Waals surface area contributed by atoms with Crippen molar-refractivity contribution in [3.05, 3.63) is 29.3 Å². The molecule has 1 aromatic carbocycles. The number of carboxylic acids is 1. The van der Waals surface area contributed by atoms with Crippen LogP contribution in [-0.2, 0) is 4.79 Å². The van der Waals surface area contributed by atoms with Gasteiger partial charge in [-0.25, -0.2) is 0 Å². The minimum Gasteiger partial charge on any atom is -0.480 e. The highest BCUT2D eigenvalue weighted by molar-refractivity contribution is 5.74. The quantitative estimate of drug-likeness (QED) is 0.811. The lowest BCUT2D eigenvalue weighted by Gasteiger charge is -2.25. The molecule has 94 valence electrons. The van der Waals surface area contributed by atoms with Gasteiger partial charge < -0.3 is 15.3 Å². The Morgan fingerprint density at radius 2 is 2.12 bits per heavy atom. The number of nitrogens with zero attached hydrogens (tertiary/aromatic N) is 1. The Labute approximate surface area is 102 Å². The molecular weight excluding hydrogens is 216 g/mol. The average Bonchev–Trinajstić information content (AvgIpc) is 2.24. The molecule has 17 heavy (non-hydrogen) atoms. The summed E-state index contributed by atoms with van der Waals surface area (Å²) in [4.78, 5) is 12.9. The summed E-state index contributed by atoms with van der Waals surface area (Å²) in [5, 5.41) is 11.8. The standard InChI is InChI=1S/C13H20N2O2/c1-9-5-6-12(10(2)7-9)15(4)8-11(14-3)13(16)17/h5-7,11,14H,8H2,1-4H3,(H,16,17). The van der Waals surface area contributed by atoms with Crippen molar-refractivity contribution in [2.45, 2.75) is 19.9 Å². The lowest BCUT2D eigenvalue weighted by Crippen LogP contribution is -2.43. The van der Waals surface area contributed by atoms with E-state index in [0.29, 0.717) is 6.54 Å². The Morgan fingerprint density at radius 1 is 1.47 bits per heavy atom. The van der Waals surface area contributed by atoms with Crippen LogP contribution in [0.2, 0.25) is 0 Å². The second-order valence-electron chi connectivity index (χ2n) is 4.35. The van der Waals surface area contributed by atoms with Gasteiger partial charge in [0.15, 0.2) is 0 Å². The summed E-state index contributed by atoms with van der Waals surface area (Å²) in [5.74, 6) is -0.830. The molecule has 0 aliphatic heterocycles. The van der Waals surface area contributed by atoms with Gasteiger partial charge in [-0.05, 0) is 32.5 Å². The number of benzene rings is 1. The topological polar surface area (TPSA) is 52.6 Å². The second-order valence-corrected chi connectivity index (χ2v) is 4.35. The van der Waals surface area contributed by atoms with Crippen LogP contribution in [0, 0.1) is 13.8 Å². The van der Waals surface area contributed by atoms with Gasteiger partial charge in [0, 0.05) is 19.3 Å². The second kappa shape index (κ2) is 5.68. The van der Waals surface area contributed by atoms with Crippen LogP contribution in [0.4, 0.5) is 5.69 Å². The maximum absolute atomic E-state index is 10.9. The lowest BCUT2D eigenvalue weighted by atomic mass is 10.1. The molecule has 0 aliphatic rings. The molecule has 0 saturated heterocycles. The largest absolute Gasteiger partial charge is 0.480 e. The van der Waals surface area contributed by atoms with Crippen molar-refractivity contribution in [1.82, 2.24) is 5.32 Å². The lowest BCUT2D eigenvalue weighted by molar-refractivity contribution is -0.139. The van der Waals surface area contributed by atoms with Gasteiger partial charge >= 0.3 is 5.97 Å². The maximum atomic E-state index is 10.9. The van der Waals surface area contributed by atoms with Crippen LogP contribution in [0.25, 0.3) is 0 Å². The first-order valence-corrected chi connectivity index (χ1v) is 5.64. The zero-order valence-electron chi connectivity index (χ0n) is 10.8. The van der Waals surface area contributed by atoms with Gasteiger partial charge in [0.05, 0.1) is 0 Å². The number of carboxylic acid groups (broad SMARTS) is 1. The van der Waals surface area contributed by atoms with E-state index < -0.39 is 12.0 Å². The fraction of sp³-hybridized carbons (Fsp3) is 0.462. The van der Waals surface area contributed by atoms with E-state index >= 15 is 0 Å². The fourth-order valence-electron chi connectivity index (χ4n) is 1.90. The van der Waals surface area contributed by atoms with Crippen LogP contribution in [0.1, 0.15) is 11.1 Å². The molecule has 0 aromatic heterocycles. The van der Waals surface area contributed by atoms with Crippen LogP contribution in [-0.4, -0.2) is 37.8 Å². The van der Waals surface area contributed by atoms with E-state index in [1.165, 1.54) is 5.56 Å². The Balaban J connectivity index is 2.82. The number of anilines is 1. The number of hydrogen-bond acceptors (Lipinski definition) is 3. The van der Waals surface area contributed by atoms with E-state index in [1.54, 1.807) is 7.05 Å². The first-order valence-electron chi connectivity index (χ1n) is 5.64. The van der Waals surface area contributed by atoms with Gasteiger partial charge in [-0.1, -0.05) is 17.7 Å². The van der Waals surface area contributed by atoms with Gasteiger partial charge in [0.2, 0.25) is 0 Å². The molecule has 0 saturated carbocycles. The molecule has 2 N–H and O–H groups in total. The van der Waals surface area contributed by atoms with Crippen molar-refractivity contribution in [2.75, 3.05) is 25.5 Å². The van der Waals surface area contributed by atoms with Crippen LogP contribution in [0.15, 0.2) is 18.2 Å². The van der Waals surface area contributed by atoms with E-state index in [-0.39, 0.29) is 0 Å². The summed E-state index contributed by atoms with van der Waals surface area (Å²) in [6.45, 7) is 4.52. The molecular formula is C13H20N2O2. The molecule has 4 heteroatoms. The van der Waals surface area contributed by atoms with Gasteiger partial charge in [0.25, 0.3) is 0 Å². The third-order valence-electron chi connectivity index (χ3n) is 2.87. The highest BCUT2D eigenvalue weighted by Crippen LogP contribution is 2.19. The molecule has 1 unspecified atom stereocenters. The van der Waals surface area contributed by atoms with Crippen molar-refractivity contribution in [1.29, 1.82) is 0 Å². The average molecular weight is 236 g/mol. The molecule has 0 aliphatic carbocycles. The number of hydrogen-bond donors (Lipinski definition) is 2. The summed E-state index contributed by atoms with van der Waals surface area (Å²) in [5.41, 5.74) is 3.44. The summed E-state index contributed by atoms with van der Waals surface area (Å²) in [6.07, 6.45) is 0. The van der Waals surface area contributed by atoms with Crippen molar-refractivity contribution in [3.63, 3.8) is 0 Å². The van der Waals surface area contributed by atoms with E-state index in [9.17, 15) is 4.79 Å². The first-order chi connectivity index (χ1) is 7.95. The predicted octanol–water partition coefficient (Wildman–Crippen LogP) is 1.41. The van der Waals surface area contributed by atoms with E-state index in [0.717, 1.165) is 11.3 Å². The van der Waals surface area contributed by atoms with Gasteiger partial charge in [-0.15, -0.1) is 0 Å². The SMILES string of the molecule is CNC(CN(C)c1ccc(C)cc1C)C(=O)O. The zero-order valence-corrected chi connectivity index (χ0v) is 10.8. The first kappa shape index (κ1) is 13.5. The number of carbonyl (C=O) groups is 1. The smallest absolute Gasteiger partial charge is 0.322 e. The van der Waals surface area contributed by atoms with E-state index in [1.807, 2.05) is 37.9 Å². The molecule has 4 nitrogen and oxygen atoms in total. The van der Waals surface area contributed by atoms with Crippen LogP contribution in [0.3, 0.4) is 0 Å². The molecule has 0 spiro atoms. The van der Waals surface area contributed by atoms with Gasteiger partial charge in [-0.3, -0.25) is 4.79 Å². The summed E-state index contributed by atoms with van der Waals surface area (Å²) in [7, 11) is 3.57. The molecule has 1 aromatic rings. The summed E-state index contributed by atoms with van der Waals surface area (Å²) in [6, 6.07) is 5.61. The fourth-order valence-corrected chi connectivity index (χ4v) is 1.90. The normalized spacial score (nSPS) is 12.2. The minimum absolute atomic E-state index is 0.440. The molecule has 0 amide bonds. The number of aliphatic carboxylic acids is 1. The van der Waals surface area contributed by atoms with E-state index in [2.05, 4.69) is 11.4 Å². The Morgan fingerprint density at radius 3 is 2.59 bits per heavy atom. The van der Waals surface area contributed by atoms with Crippen molar-refractivity contribution < 1.29 is 9.90 Å². The summed E-state index contributed by atoms with van der Waals surface area (Å²) >= 11 is 0. The van der Waals surface area contributed by atoms with Crippen molar-refractivity contribution in [2.24, 2.45) is 0 Å². The highest BCUT2D eigenvalue weighted by Gasteiger charge is 2.17. The highest BCUT2D eigenvalue weighted by atomic mass is 16.4. The maximum Gasteiger partial charge on any atom is 0.322 e. The monoisotopic (exact) mass is 236 g/mol. The van der Waals surface area contributed by atoms with Crippen LogP contribution in [0.5, 0.6) is 0 Å². The molecule has 1 rings (SSSR count). The van der Waals surface area contributed by atoms with Crippen LogP contribution < -0.4 is 10.2 Å². The Kier molecular flexibility index (Phi) is 4.52. The van der Waals surface area contributed by atoms with Crippen molar-refractivity contribution >= 4 is 11.7 Å². The molecule has 0 heterocycles.